The minimum atomic E-state index is 0.376. The fourth-order valence-corrected chi connectivity index (χ4v) is 1.98. The van der Waals surface area contributed by atoms with Crippen molar-refractivity contribution in [1.29, 1.82) is 0 Å². The van der Waals surface area contributed by atoms with Crippen molar-refractivity contribution < 1.29 is 0 Å². The molecule has 0 aliphatic carbocycles. The van der Waals surface area contributed by atoms with Crippen LogP contribution in [0.5, 0.6) is 0 Å². The molecule has 2 unspecified atom stereocenters. The van der Waals surface area contributed by atoms with Gasteiger partial charge in [0.25, 0.3) is 0 Å². The van der Waals surface area contributed by atoms with Crippen molar-refractivity contribution >= 4 is 0 Å². The molecule has 0 aliphatic rings. The Kier molecular flexibility index (Phi) is 5.00. The Balaban J connectivity index is 2.39. The summed E-state index contributed by atoms with van der Waals surface area (Å²) in [5.74, 6) is 0.787. The normalized spacial score (nSPS) is 15.4. The van der Waals surface area contributed by atoms with Crippen LogP contribution < -0.4 is 5.32 Å². The molecule has 0 aliphatic heterocycles. The molecule has 0 amide bonds. The summed E-state index contributed by atoms with van der Waals surface area (Å²) in [5.41, 5.74) is 2.44. The van der Waals surface area contributed by atoms with Crippen LogP contribution in [0.4, 0.5) is 0 Å². The molecule has 1 rings (SSSR count). The Morgan fingerprint density at radius 3 is 2.44 bits per heavy atom. The van der Waals surface area contributed by atoms with Gasteiger partial charge in [0.15, 0.2) is 0 Å². The van der Waals surface area contributed by atoms with E-state index in [1.54, 1.807) is 0 Å². The van der Waals surface area contributed by atoms with E-state index in [1.165, 1.54) is 18.4 Å². The highest BCUT2D eigenvalue weighted by molar-refractivity contribution is 5.18. The van der Waals surface area contributed by atoms with Gasteiger partial charge in [-0.2, -0.15) is 5.10 Å². The highest BCUT2D eigenvalue weighted by atomic mass is 15.1. The Hall–Kier alpha value is -0.830. The number of aromatic amines is 1. The lowest BCUT2D eigenvalue weighted by Crippen LogP contribution is -2.29. The molecule has 0 spiro atoms. The zero-order valence-electron chi connectivity index (χ0n) is 11.2. The van der Waals surface area contributed by atoms with Gasteiger partial charge in [-0.15, -0.1) is 0 Å². The number of nitrogens with zero attached hydrogens (tertiary/aromatic N) is 1. The summed E-state index contributed by atoms with van der Waals surface area (Å²) in [5, 5.41) is 10.7. The van der Waals surface area contributed by atoms with Gasteiger partial charge in [0, 0.05) is 23.3 Å². The highest BCUT2D eigenvalue weighted by Crippen LogP contribution is 2.16. The first kappa shape index (κ1) is 13.2. The van der Waals surface area contributed by atoms with Gasteiger partial charge in [0.2, 0.25) is 0 Å². The molecule has 0 bridgehead atoms. The third-order valence-electron chi connectivity index (χ3n) is 3.05. The lowest BCUT2D eigenvalue weighted by molar-refractivity contribution is 0.416. The summed E-state index contributed by atoms with van der Waals surface area (Å²) < 4.78 is 0. The summed E-state index contributed by atoms with van der Waals surface area (Å²) in [6, 6.07) is 0.938. The average molecular weight is 223 g/mol. The maximum absolute atomic E-state index is 4.06. The van der Waals surface area contributed by atoms with Crippen LogP contribution in [0, 0.1) is 12.8 Å². The molecule has 0 radical (unpaired) electrons. The van der Waals surface area contributed by atoms with E-state index < -0.39 is 0 Å². The molecule has 3 heteroatoms. The predicted molar refractivity (Wildman–Crippen MR) is 68.4 cm³/mol. The van der Waals surface area contributed by atoms with Gasteiger partial charge in [0.1, 0.15) is 0 Å². The topological polar surface area (TPSA) is 40.7 Å². The lowest BCUT2D eigenvalue weighted by atomic mass is 10.0. The summed E-state index contributed by atoms with van der Waals surface area (Å²) in [6.45, 7) is 11.1. The maximum atomic E-state index is 4.06. The van der Waals surface area contributed by atoms with Crippen LogP contribution in [0.1, 0.15) is 57.8 Å². The van der Waals surface area contributed by atoms with Crippen molar-refractivity contribution in [3.63, 3.8) is 0 Å². The summed E-state index contributed by atoms with van der Waals surface area (Å²) >= 11 is 0. The molecule has 0 aromatic carbocycles. The van der Waals surface area contributed by atoms with Gasteiger partial charge in [-0.1, -0.05) is 13.8 Å². The quantitative estimate of drug-likeness (QED) is 0.777. The van der Waals surface area contributed by atoms with Gasteiger partial charge in [0.05, 0.1) is 6.20 Å². The van der Waals surface area contributed by atoms with Gasteiger partial charge < -0.3 is 5.32 Å². The van der Waals surface area contributed by atoms with Gasteiger partial charge in [-0.05, 0) is 39.5 Å². The van der Waals surface area contributed by atoms with Crippen molar-refractivity contribution in [2.75, 3.05) is 0 Å². The Morgan fingerprint density at radius 2 is 1.94 bits per heavy atom. The smallest absolute Gasteiger partial charge is 0.0537 e. The van der Waals surface area contributed by atoms with Crippen LogP contribution in [0.25, 0.3) is 0 Å². The molecule has 2 N–H and O–H groups in total. The molecule has 16 heavy (non-hydrogen) atoms. The highest BCUT2D eigenvalue weighted by Gasteiger charge is 2.12. The van der Waals surface area contributed by atoms with Crippen molar-refractivity contribution in [3.05, 3.63) is 17.5 Å². The molecule has 0 fully saturated rings. The van der Waals surface area contributed by atoms with Gasteiger partial charge in [-0.3, -0.25) is 5.10 Å². The van der Waals surface area contributed by atoms with Crippen LogP contribution in [-0.4, -0.2) is 16.2 Å². The second kappa shape index (κ2) is 6.04. The average Bonchev–Trinajstić information content (AvgIpc) is 2.61. The molecular weight excluding hydrogens is 198 g/mol. The van der Waals surface area contributed by atoms with E-state index in [0.29, 0.717) is 12.1 Å². The van der Waals surface area contributed by atoms with Crippen LogP contribution >= 0.6 is 0 Å². The number of H-pyrrole nitrogens is 1. The molecular formula is C13H25N3. The minimum Gasteiger partial charge on any atom is -0.308 e. The third-order valence-corrected chi connectivity index (χ3v) is 3.05. The van der Waals surface area contributed by atoms with E-state index in [1.807, 2.05) is 6.20 Å². The first-order chi connectivity index (χ1) is 7.50. The van der Waals surface area contributed by atoms with E-state index in [9.17, 15) is 0 Å². The van der Waals surface area contributed by atoms with Crippen molar-refractivity contribution in [1.82, 2.24) is 15.5 Å². The fourth-order valence-electron chi connectivity index (χ4n) is 1.98. The SMILES string of the molecule is Cc1[nH]ncc1C(C)NC(C)CCC(C)C. The van der Waals surface area contributed by atoms with E-state index in [4.69, 9.17) is 0 Å². The van der Waals surface area contributed by atoms with Crippen LogP contribution in [-0.2, 0) is 0 Å². The summed E-state index contributed by atoms with van der Waals surface area (Å²) in [7, 11) is 0. The second-order valence-corrected chi connectivity index (χ2v) is 5.21. The van der Waals surface area contributed by atoms with Crippen LogP contribution in [0.2, 0.25) is 0 Å². The summed E-state index contributed by atoms with van der Waals surface area (Å²) in [6.07, 6.45) is 4.44. The number of nitrogens with one attached hydrogen (secondary N) is 2. The van der Waals surface area contributed by atoms with Gasteiger partial charge >= 0.3 is 0 Å². The zero-order valence-corrected chi connectivity index (χ0v) is 11.2. The first-order valence-corrected chi connectivity index (χ1v) is 6.26. The van der Waals surface area contributed by atoms with E-state index >= 15 is 0 Å². The van der Waals surface area contributed by atoms with E-state index in [0.717, 1.165) is 11.6 Å². The Morgan fingerprint density at radius 1 is 1.25 bits per heavy atom. The molecule has 2 atom stereocenters. The molecule has 1 aromatic rings. The van der Waals surface area contributed by atoms with Crippen LogP contribution in [0.3, 0.4) is 0 Å². The standard InChI is InChI=1S/C13H25N3/c1-9(2)6-7-10(3)15-11(4)13-8-14-16-12(13)5/h8-11,15H,6-7H2,1-5H3,(H,14,16). The molecule has 3 nitrogen and oxygen atoms in total. The summed E-state index contributed by atoms with van der Waals surface area (Å²) in [4.78, 5) is 0. The molecule has 92 valence electrons. The largest absolute Gasteiger partial charge is 0.308 e. The maximum Gasteiger partial charge on any atom is 0.0537 e. The van der Waals surface area contributed by atoms with Crippen molar-refractivity contribution in [2.45, 2.75) is 59.5 Å². The number of rotatable bonds is 6. The predicted octanol–water partition coefficient (Wildman–Crippen LogP) is 3.19. The molecule has 0 saturated heterocycles. The molecule has 1 aromatic heterocycles. The molecule has 0 saturated carbocycles. The van der Waals surface area contributed by atoms with E-state index in [-0.39, 0.29) is 0 Å². The van der Waals surface area contributed by atoms with Gasteiger partial charge in [-0.25, -0.2) is 0 Å². The Labute approximate surface area is 99.0 Å². The third kappa shape index (κ3) is 3.97. The first-order valence-electron chi connectivity index (χ1n) is 6.26. The Bertz CT molecular complexity index is 304. The van der Waals surface area contributed by atoms with Crippen molar-refractivity contribution in [3.8, 4) is 0 Å². The number of hydrogen-bond acceptors (Lipinski definition) is 2. The fraction of sp³-hybridized carbons (Fsp3) is 0.769. The monoisotopic (exact) mass is 223 g/mol. The number of aryl methyl sites for hydroxylation is 1. The lowest BCUT2D eigenvalue weighted by Gasteiger charge is -2.20. The second-order valence-electron chi connectivity index (χ2n) is 5.21. The zero-order chi connectivity index (χ0) is 12.1. The van der Waals surface area contributed by atoms with Crippen molar-refractivity contribution in [2.24, 2.45) is 5.92 Å². The minimum absolute atomic E-state index is 0.376. The van der Waals surface area contributed by atoms with Crippen LogP contribution in [0.15, 0.2) is 6.20 Å². The number of aromatic nitrogens is 2. The van der Waals surface area contributed by atoms with E-state index in [2.05, 4.69) is 50.1 Å². The molecule has 1 heterocycles. The number of hydrogen-bond donors (Lipinski definition) is 2.